The predicted molar refractivity (Wildman–Crippen MR) is 107 cm³/mol. The van der Waals surface area contributed by atoms with Crippen LogP contribution < -0.4 is 0 Å². The quantitative estimate of drug-likeness (QED) is 0.815. The van der Waals surface area contributed by atoms with E-state index >= 15 is 0 Å². The first-order chi connectivity index (χ1) is 13.3. The van der Waals surface area contributed by atoms with E-state index in [1.54, 1.807) is 16.0 Å². The Morgan fingerprint density at radius 3 is 2.21 bits per heavy atom. The van der Waals surface area contributed by atoms with Gasteiger partial charge in [-0.25, -0.2) is 9.48 Å². The van der Waals surface area contributed by atoms with Crippen LogP contribution in [-0.4, -0.2) is 63.4 Å². The molecule has 0 spiro atoms. The van der Waals surface area contributed by atoms with E-state index in [0.29, 0.717) is 38.2 Å². The molecule has 0 N–H and O–H groups in total. The van der Waals surface area contributed by atoms with Gasteiger partial charge < -0.3 is 14.5 Å². The largest absolute Gasteiger partial charge is 0.444 e. The van der Waals surface area contributed by atoms with Crippen LogP contribution in [0.4, 0.5) is 4.79 Å². The molecule has 28 heavy (non-hydrogen) atoms. The number of hydrogen-bond acceptors (Lipinski definition) is 4. The van der Waals surface area contributed by atoms with E-state index in [-0.39, 0.29) is 12.0 Å². The lowest BCUT2D eigenvalue weighted by Crippen LogP contribution is -2.51. The van der Waals surface area contributed by atoms with E-state index in [9.17, 15) is 9.59 Å². The third-order valence-corrected chi connectivity index (χ3v) is 4.65. The van der Waals surface area contributed by atoms with Gasteiger partial charge in [-0.15, -0.1) is 0 Å². The predicted octanol–water partition coefficient (Wildman–Crippen LogP) is 3.13. The molecule has 1 aliphatic rings. The lowest BCUT2D eigenvalue weighted by Gasteiger charge is -2.35. The van der Waals surface area contributed by atoms with Crippen molar-refractivity contribution >= 4 is 12.0 Å². The Labute approximate surface area is 165 Å². The zero-order valence-electron chi connectivity index (χ0n) is 17.0. The van der Waals surface area contributed by atoms with E-state index in [1.165, 1.54) is 0 Å². The van der Waals surface area contributed by atoms with E-state index in [1.807, 2.05) is 62.7 Å². The summed E-state index contributed by atoms with van der Waals surface area (Å²) in [7, 11) is 0. The summed E-state index contributed by atoms with van der Waals surface area (Å²) < 4.78 is 7.24. The molecule has 0 unspecified atom stereocenters. The molecule has 1 aromatic carbocycles. The third-order valence-electron chi connectivity index (χ3n) is 4.65. The highest BCUT2D eigenvalue weighted by molar-refractivity contribution is 5.95. The van der Waals surface area contributed by atoms with E-state index < -0.39 is 5.60 Å². The minimum absolute atomic E-state index is 0.0390. The average Bonchev–Trinajstić information content (AvgIpc) is 3.11. The second-order valence-electron chi connectivity index (χ2n) is 7.87. The number of ether oxygens (including phenoxy) is 1. The van der Waals surface area contributed by atoms with Crippen molar-refractivity contribution in [1.82, 2.24) is 19.6 Å². The zero-order chi connectivity index (χ0) is 20.3. The Hall–Kier alpha value is -2.83. The zero-order valence-corrected chi connectivity index (χ0v) is 17.0. The van der Waals surface area contributed by atoms with Crippen molar-refractivity contribution in [3.05, 3.63) is 47.8 Å². The van der Waals surface area contributed by atoms with Gasteiger partial charge in [0.05, 0.1) is 23.1 Å². The summed E-state index contributed by atoms with van der Waals surface area (Å²) in [6.45, 7) is 9.47. The maximum atomic E-state index is 13.1. The standard InChI is InChI=1S/C21H28N4O3/c1-5-18-17(15-22-25(18)16-9-7-6-8-10-16)19(26)23-11-13-24(14-12-23)20(27)28-21(2,3)4/h6-10,15H,5,11-14H2,1-4H3. The molecule has 1 fully saturated rings. The summed E-state index contributed by atoms with van der Waals surface area (Å²) in [5, 5.41) is 4.44. The summed E-state index contributed by atoms with van der Waals surface area (Å²) in [6, 6.07) is 9.80. The topological polar surface area (TPSA) is 67.7 Å². The molecule has 1 saturated heterocycles. The van der Waals surface area contributed by atoms with Crippen molar-refractivity contribution < 1.29 is 14.3 Å². The Bertz CT molecular complexity index is 831. The SMILES string of the molecule is CCc1c(C(=O)N2CCN(C(=O)OC(C)(C)C)CC2)cnn1-c1ccccc1. The molecule has 150 valence electrons. The molecule has 0 atom stereocenters. The lowest BCUT2D eigenvalue weighted by atomic mass is 10.1. The van der Waals surface area contributed by atoms with Gasteiger partial charge in [0.15, 0.2) is 0 Å². The maximum absolute atomic E-state index is 13.1. The Balaban J connectivity index is 1.69. The number of rotatable bonds is 3. The van der Waals surface area contributed by atoms with Gasteiger partial charge >= 0.3 is 6.09 Å². The highest BCUT2D eigenvalue weighted by Gasteiger charge is 2.29. The summed E-state index contributed by atoms with van der Waals surface area (Å²) in [6.07, 6.45) is 2.02. The van der Waals surface area contributed by atoms with Crippen LogP contribution in [-0.2, 0) is 11.2 Å². The van der Waals surface area contributed by atoms with Crippen molar-refractivity contribution in [3.63, 3.8) is 0 Å². The number of hydrogen-bond donors (Lipinski definition) is 0. The molecule has 1 aromatic heterocycles. The first-order valence-electron chi connectivity index (χ1n) is 9.69. The lowest BCUT2D eigenvalue weighted by molar-refractivity contribution is 0.0140. The van der Waals surface area contributed by atoms with Crippen LogP contribution in [0.25, 0.3) is 5.69 Å². The molecular formula is C21H28N4O3. The van der Waals surface area contributed by atoms with Gasteiger partial charge in [-0.1, -0.05) is 25.1 Å². The fourth-order valence-electron chi connectivity index (χ4n) is 3.27. The van der Waals surface area contributed by atoms with Crippen LogP contribution in [0.5, 0.6) is 0 Å². The molecule has 0 bridgehead atoms. The monoisotopic (exact) mass is 384 g/mol. The fourth-order valence-corrected chi connectivity index (χ4v) is 3.27. The molecule has 2 heterocycles. The molecule has 0 saturated carbocycles. The molecule has 0 radical (unpaired) electrons. The van der Waals surface area contributed by atoms with Crippen molar-refractivity contribution in [2.75, 3.05) is 26.2 Å². The Morgan fingerprint density at radius 2 is 1.64 bits per heavy atom. The number of benzene rings is 1. The molecule has 0 aliphatic carbocycles. The molecular weight excluding hydrogens is 356 g/mol. The van der Waals surface area contributed by atoms with E-state index in [2.05, 4.69) is 5.10 Å². The van der Waals surface area contributed by atoms with E-state index in [0.717, 1.165) is 11.4 Å². The van der Waals surface area contributed by atoms with Gasteiger partial charge in [-0.05, 0) is 39.3 Å². The number of nitrogens with zero attached hydrogens (tertiary/aromatic N) is 4. The smallest absolute Gasteiger partial charge is 0.410 e. The number of para-hydroxylation sites is 1. The van der Waals surface area contributed by atoms with Crippen molar-refractivity contribution in [3.8, 4) is 5.69 Å². The number of piperazine rings is 1. The molecule has 2 amide bonds. The van der Waals surface area contributed by atoms with Gasteiger partial charge in [0.1, 0.15) is 5.60 Å². The number of carbonyl (C=O) groups is 2. The minimum atomic E-state index is -0.522. The van der Waals surface area contributed by atoms with Crippen LogP contribution in [0.1, 0.15) is 43.7 Å². The second-order valence-corrected chi connectivity index (χ2v) is 7.87. The fraction of sp³-hybridized carbons (Fsp3) is 0.476. The van der Waals surface area contributed by atoms with Crippen LogP contribution >= 0.6 is 0 Å². The Morgan fingerprint density at radius 1 is 1.04 bits per heavy atom. The summed E-state index contributed by atoms with van der Waals surface area (Å²) >= 11 is 0. The van der Waals surface area contributed by atoms with Crippen molar-refractivity contribution in [1.29, 1.82) is 0 Å². The van der Waals surface area contributed by atoms with Crippen LogP contribution in [0, 0.1) is 0 Å². The molecule has 7 heteroatoms. The molecule has 1 aliphatic heterocycles. The van der Waals surface area contributed by atoms with Gasteiger partial charge in [-0.3, -0.25) is 4.79 Å². The van der Waals surface area contributed by atoms with Gasteiger partial charge in [0.25, 0.3) is 5.91 Å². The minimum Gasteiger partial charge on any atom is -0.444 e. The van der Waals surface area contributed by atoms with Crippen molar-refractivity contribution in [2.45, 2.75) is 39.7 Å². The number of carbonyl (C=O) groups excluding carboxylic acids is 2. The summed E-state index contributed by atoms with van der Waals surface area (Å²) in [4.78, 5) is 28.7. The average molecular weight is 384 g/mol. The third kappa shape index (κ3) is 4.35. The van der Waals surface area contributed by atoms with Gasteiger partial charge in [0.2, 0.25) is 0 Å². The van der Waals surface area contributed by atoms with Gasteiger partial charge in [0, 0.05) is 26.2 Å². The number of amides is 2. The Kier molecular flexibility index (Phi) is 5.72. The summed E-state index contributed by atoms with van der Waals surface area (Å²) in [5.41, 5.74) is 1.93. The highest BCUT2D eigenvalue weighted by atomic mass is 16.6. The first-order valence-corrected chi connectivity index (χ1v) is 9.69. The van der Waals surface area contributed by atoms with E-state index in [4.69, 9.17) is 4.74 Å². The highest BCUT2D eigenvalue weighted by Crippen LogP contribution is 2.19. The summed E-state index contributed by atoms with van der Waals surface area (Å²) in [5.74, 6) is -0.0390. The van der Waals surface area contributed by atoms with Crippen LogP contribution in [0.2, 0.25) is 0 Å². The molecule has 2 aromatic rings. The maximum Gasteiger partial charge on any atom is 0.410 e. The normalized spacial score (nSPS) is 14.9. The van der Waals surface area contributed by atoms with Crippen LogP contribution in [0.15, 0.2) is 36.5 Å². The van der Waals surface area contributed by atoms with Crippen LogP contribution in [0.3, 0.4) is 0 Å². The van der Waals surface area contributed by atoms with Crippen molar-refractivity contribution in [2.24, 2.45) is 0 Å². The van der Waals surface area contributed by atoms with Gasteiger partial charge in [-0.2, -0.15) is 5.10 Å². The molecule has 7 nitrogen and oxygen atoms in total. The second kappa shape index (κ2) is 8.04. The first kappa shape index (κ1) is 19.9. The molecule has 3 rings (SSSR count). The number of aromatic nitrogens is 2.